The smallest absolute Gasteiger partial charge is 0.415 e. The highest BCUT2D eigenvalue weighted by molar-refractivity contribution is 7.89. The van der Waals surface area contributed by atoms with Crippen molar-refractivity contribution < 1.29 is 41.4 Å². The number of fused-ring (bicyclic) bond motifs is 2. The molecule has 0 radical (unpaired) electrons. The number of sulfonamides is 1. The number of nitrogens with zero attached hydrogens (tertiary/aromatic N) is 3. The molecule has 2 saturated heterocycles. The quantitative estimate of drug-likeness (QED) is 0.306. The third-order valence-electron chi connectivity index (χ3n) is 7.21. The number of carbonyl (C=O) groups is 3. The lowest BCUT2D eigenvalue weighted by molar-refractivity contribution is -0.646. The molecule has 0 bridgehead atoms. The topological polar surface area (TPSA) is 162 Å². The Morgan fingerprint density at radius 1 is 1.22 bits per heavy atom. The van der Waals surface area contributed by atoms with Crippen molar-refractivity contribution in [3.8, 4) is 11.7 Å². The molecule has 3 atom stereocenters. The van der Waals surface area contributed by atoms with E-state index in [4.69, 9.17) is 13.9 Å². The minimum atomic E-state index is -4.30. The Bertz CT molecular complexity index is 1600. The fourth-order valence-corrected chi connectivity index (χ4v) is 7.06. The van der Waals surface area contributed by atoms with Crippen LogP contribution in [0.25, 0.3) is 11.0 Å². The van der Waals surface area contributed by atoms with E-state index in [9.17, 15) is 28.0 Å². The van der Waals surface area contributed by atoms with Gasteiger partial charge in [0.25, 0.3) is 5.95 Å². The molecule has 218 valence electrons. The van der Waals surface area contributed by atoms with Crippen molar-refractivity contribution in [2.75, 3.05) is 20.2 Å². The van der Waals surface area contributed by atoms with Gasteiger partial charge in [0.05, 0.1) is 19.7 Å². The number of hydrogen-bond acceptors (Lipinski definition) is 9. The first-order valence-corrected chi connectivity index (χ1v) is 14.5. The number of benzene rings is 1. The van der Waals surface area contributed by atoms with Crippen molar-refractivity contribution in [1.82, 2.24) is 14.5 Å². The van der Waals surface area contributed by atoms with Crippen molar-refractivity contribution in [1.29, 1.82) is 0 Å². The molecule has 2 fully saturated rings. The first kappa shape index (κ1) is 28.4. The number of methoxy groups -OCH3 is 1. The zero-order valence-electron chi connectivity index (χ0n) is 22.7. The highest BCUT2D eigenvalue weighted by Gasteiger charge is 2.55. The van der Waals surface area contributed by atoms with Gasteiger partial charge in [0.15, 0.2) is 12.0 Å². The minimum absolute atomic E-state index is 0.0111. The third-order valence-corrected chi connectivity index (χ3v) is 9.08. The monoisotopic (exact) mass is 586 g/mol. The van der Waals surface area contributed by atoms with Crippen LogP contribution in [0.15, 0.2) is 58.1 Å². The van der Waals surface area contributed by atoms with Gasteiger partial charge in [0.1, 0.15) is 23.4 Å². The molecule has 2 aromatic heterocycles. The second kappa shape index (κ2) is 11.0. The predicted octanol–water partition coefficient (Wildman–Crippen LogP) is 1.82. The molecule has 3 unspecified atom stereocenters. The molecule has 14 heteroatoms. The van der Waals surface area contributed by atoms with Crippen molar-refractivity contribution in [2.24, 2.45) is 5.92 Å². The Morgan fingerprint density at radius 2 is 2.00 bits per heavy atom. The van der Waals surface area contributed by atoms with E-state index in [-0.39, 0.29) is 36.0 Å². The number of ketones is 1. The molecular weight excluding hydrogens is 556 g/mol. The highest BCUT2D eigenvalue weighted by Crippen LogP contribution is 2.34. The molecule has 13 nitrogen and oxygen atoms in total. The molecular formula is C27H30N4O9S. The zero-order valence-corrected chi connectivity index (χ0v) is 23.5. The summed E-state index contributed by atoms with van der Waals surface area (Å²) in [7, 11) is -2.77. The van der Waals surface area contributed by atoms with E-state index in [1.54, 1.807) is 18.2 Å². The summed E-state index contributed by atoms with van der Waals surface area (Å²) in [6.45, 7) is 3.39. The molecule has 5 rings (SSSR count). The van der Waals surface area contributed by atoms with Crippen LogP contribution in [-0.2, 0) is 19.6 Å². The molecule has 0 spiro atoms. The first-order chi connectivity index (χ1) is 19.5. The summed E-state index contributed by atoms with van der Waals surface area (Å²) in [6, 6.07) is 7.71. The van der Waals surface area contributed by atoms with E-state index in [2.05, 4.69) is 5.32 Å². The van der Waals surface area contributed by atoms with E-state index < -0.39 is 57.5 Å². The number of likely N-dealkylation sites (tertiary alicyclic amines) is 1. The van der Waals surface area contributed by atoms with Gasteiger partial charge in [-0.3, -0.25) is 9.59 Å². The van der Waals surface area contributed by atoms with Crippen LogP contribution in [0, 0.1) is 11.1 Å². The normalized spacial score (nSPS) is 19.9. The van der Waals surface area contributed by atoms with E-state index >= 15 is 0 Å². The van der Waals surface area contributed by atoms with E-state index in [0.29, 0.717) is 16.7 Å². The number of pyridine rings is 1. The number of amides is 2. The summed E-state index contributed by atoms with van der Waals surface area (Å²) in [5, 5.41) is 14.9. The Hall–Kier alpha value is -4.17. The largest absolute Gasteiger partial charge is 0.618 e. The van der Waals surface area contributed by atoms with Gasteiger partial charge < -0.3 is 29.3 Å². The molecule has 2 aliphatic heterocycles. The lowest BCUT2D eigenvalue weighted by Gasteiger charge is -2.28. The molecule has 0 saturated carbocycles. The summed E-state index contributed by atoms with van der Waals surface area (Å²) < 4.78 is 43.8. The van der Waals surface area contributed by atoms with Crippen molar-refractivity contribution in [3.05, 3.63) is 53.9 Å². The lowest BCUT2D eigenvalue weighted by atomic mass is 10.0. The van der Waals surface area contributed by atoms with Crippen LogP contribution in [0.5, 0.6) is 11.7 Å². The number of furan rings is 1. The zero-order chi connectivity index (χ0) is 29.5. The maximum Gasteiger partial charge on any atom is 0.415 e. The molecule has 2 amide bonds. The molecule has 1 N–H and O–H groups in total. The summed E-state index contributed by atoms with van der Waals surface area (Å²) in [6.07, 6.45) is 0.594. The summed E-state index contributed by atoms with van der Waals surface area (Å²) >= 11 is 0. The molecule has 41 heavy (non-hydrogen) atoms. The average Bonchev–Trinajstić information content (AvgIpc) is 3.62. The van der Waals surface area contributed by atoms with Crippen LogP contribution in [0.1, 0.15) is 26.7 Å². The minimum Gasteiger partial charge on any atom is -0.618 e. The standard InChI is InChI=1S/C27H30N4O9S/c1-16(2)12-19(28-27(34)40-24-14-17-13-18(38-3)7-8-22(17)39-24)26(33)29-11-9-20-25(29)21(32)15-31(20)41(36,37)23-6-4-5-10-30(23)35/h4-8,10,13-14,16,19-20,25H,9,11-12,15H2,1-3H3,(H,28,34). The molecule has 3 aromatic rings. The van der Waals surface area contributed by atoms with Gasteiger partial charge in [-0.05, 0) is 43.0 Å². The van der Waals surface area contributed by atoms with E-state index in [0.717, 1.165) is 10.5 Å². The van der Waals surface area contributed by atoms with Crippen LogP contribution < -0.4 is 19.5 Å². The Labute approximate surface area is 236 Å². The maximum absolute atomic E-state index is 13.7. The summed E-state index contributed by atoms with van der Waals surface area (Å²) in [5.41, 5.74) is 0.476. The van der Waals surface area contributed by atoms with Crippen molar-refractivity contribution in [2.45, 2.75) is 49.8 Å². The van der Waals surface area contributed by atoms with Crippen LogP contribution in [0.2, 0.25) is 0 Å². The number of Topliss-reactive ketones (excluding diaryl/α,β-unsaturated/α-hetero) is 1. The van der Waals surface area contributed by atoms with Crippen LogP contribution in [-0.4, -0.2) is 73.7 Å². The average molecular weight is 587 g/mol. The summed E-state index contributed by atoms with van der Waals surface area (Å²) in [5.74, 6) is -0.469. The highest BCUT2D eigenvalue weighted by atomic mass is 32.2. The summed E-state index contributed by atoms with van der Waals surface area (Å²) in [4.78, 5) is 40.9. The van der Waals surface area contributed by atoms with Gasteiger partial charge in [0.2, 0.25) is 5.91 Å². The molecule has 4 heterocycles. The van der Waals surface area contributed by atoms with Crippen molar-refractivity contribution in [3.63, 3.8) is 0 Å². The Balaban J connectivity index is 1.31. The van der Waals surface area contributed by atoms with Gasteiger partial charge in [0, 0.05) is 30.1 Å². The van der Waals surface area contributed by atoms with Gasteiger partial charge in [-0.1, -0.05) is 13.8 Å². The third kappa shape index (κ3) is 5.44. The fourth-order valence-electron chi connectivity index (χ4n) is 5.40. The van der Waals surface area contributed by atoms with Crippen molar-refractivity contribution >= 4 is 38.8 Å². The first-order valence-electron chi connectivity index (χ1n) is 13.1. The Kier molecular flexibility index (Phi) is 7.62. The number of rotatable bonds is 8. The number of carbonyl (C=O) groups excluding carboxylic acids is 3. The number of aromatic nitrogens is 1. The van der Waals surface area contributed by atoms with E-state index in [1.165, 1.54) is 36.3 Å². The van der Waals surface area contributed by atoms with Gasteiger partial charge in [-0.2, -0.15) is 9.04 Å². The molecule has 2 aliphatic rings. The fraction of sp³-hybridized carbons (Fsp3) is 0.407. The predicted molar refractivity (Wildman–Crippen MR) is 143 cm³/mol. The number of ether oxygens (including phenoxy) is 2. The Morgan fingerprint density at radius 3 is 2.71 bits per heavy atom. The molecule has 0 aliphatic carbocycles. The second-order valence-corrected chi connectivity index (χ2v) is 12.2. The lowest BCUT2D eigenvalue weighted by Crippen LogP contribution is -2.53. The van der Waals surface area contributed by atoms with Gasteiger partial charge >= 0.3 is 21.1 Å². The second-order valence-electron chi connectivity index (χ2n) is 10.4. The van der Waals surface area contributed by atoms with E-state index in [1.807, 2.05) is 13.8 Å². The van der Waals surface area contributed by atoms with Crippen LogP contribution in [0.4, 0.5) is 4.79 Å². The molecule has 1 aromatic carbocycles. The SMILES string of the molecule is COc1ccc2oc(OC(=O)NC(CC(C)C)C(=O)N3CCC4C3C(=O)CN4S(=O)(=O)c3cccc[n+]3[O-])cc2c1. The number of nitrogens with one attached hydrogen (secondary N) is 1. The van der Waals surface area contributed by atoms with Gasteiger partial charge in [-0.25, -0.2) is 13.2 Å². The maximum atomic E-state index is 13.7. The van der Waals surface area contributed by atoms with Gasteiger partial charge in [-0.15, -0.1) is 0 Å². The number of hydrogen-bond donors (Lipinski definition) is 1. The van der Waals surface area contributed by atoms with Crippen LogP contribution >= 0.6 is 0 Å². The van der Waals surface area contributed by atoms with Crippen LogP contribution in [0.3, 0.4) is 0 Å².